The van der Waals surface area contributed by atoms with Crippen LogP contribution in [0.25, 0.3) is 0 Å². The monoisotopic (exact) mass is 335 g/mol. The molecule has 0 unspecified atom stereocenters. The summed E-state index contributed by atoms with van der Waals surface area (Å²) >= 11 is 0. The highest BCUT2D eigenvalue weighted by Crippen LogP contribution is 2.46. The SMILES string of the molecule is C=C1N=C(N)C=CN1[C@@H]1O[C@@](CO)(N=[N+]=N)[C@@H](O)[C@@H]1C(F)(F)F. The fraction of sp³-hybridized carbons (Fsp3) is 0.545. The zero-order chi connectivity index (χ0) is 17.4. The van der Waals surface area contributed by atoms with Crippen molar-refractivity contribution in [3.63, 3.8) is 0 Å². The van der Waals surface area contributed by atoms with Gasteiger partial charge in [-0.1, -0.05) is 6.58 Å². The Morgan fingerprint density at radius 3 is 2.74 bits per heavy atom. The van der Waals surface area contributed by atoms with E-state index in [9.17, 15) is 23.4 Å². The molecule has 2 aliphatic heterocycles. The Kier molecular flexibility index (Phi) is 4.26. The van der Waals surface area contributed by atoms with Gasteiger partial charge in [-0.15, -0.1) is 0 Å². The predicted octanol–water partition coefficient (Wildman–Crippen LogP) is -0.221. The predicted molar refractivity (Wildman–Crippen MR) is 69.3 cm³/mol. The van der Waals surface area contributed by atoms with Crippen LogP contribution in [0.2, 0.25) is 0 Å². The molecule has 2 rings (SSSR count). The van der Waals surface area contributed by atoms with Crippen LogP contribution in [0.1, 0.15) is 0 Å². The second-order valence-corrected chi connectivity index (χ2v) is 4.90. The van der Waals surface area contributed by atoms with E-state index in [0.717, 1.165) is 11.1 Å². The first-order valence-corrected chi connectivity index (χ1v) is 6.28. The van der Waals surface area contributed by atoms with E-state index in [-0.39, 0.29) is 11.7 Å². The highest BCUT2D eigenvalue weighted by molar-refractivity contribution is 5.92. The average Bonchev–Trinajstić information content (AvgIpc) is 2.72. The molecule has 0 amide bonds. The summed E-state index contributed by atoms with van der Waals surface area (Å²) in [7, 11) is 0. The Morgan fingerprint density at radius 1 is 1.61 bits per heavy atom. The first kappa shape index (κ1) is 17.1. The van der Waals surface area contributed by atoms with E-state index in [0.29, 0.717) is 0 Å². The van der Waals surface area contributed by atoms with Crippen LogP contribution in [0.3, 0.4) is 0 Å². The number of nitrogens with one attached hydrogen (secondary N) is 1. The molecule has 126 valence electrons. The molecule has 5 N–H and O–H groups in total. The van der Waals surface area contributed by atoms with Gasteiger partial charge in [0.05, 0.1) is 0 Å². The topological polar surface area (TPSA) is 142 Å². The molecule has 0 aromatic rings. The molecule has 1 saturated heterocycles. The van der Waals surface area contributed by atoms with Crippen molar-refractivity contribution in [3.05, 3.63) is 24.7 Å². The highest BCUT2D eigenvalue weighted by atomic mass is 19.4. The van der Waals surface area contributed by atoms with Gasteiger partial charge < -0.3 is 25.6 Å². The molecule has 0 aromatic carbocycles. The standard InChI is InChI=1S/C11H14F3N6O3/c1-5-17-6(15)2-3-20(5)9-7(11(12,13)14)8(22)10(4-21,23-9)18-19-16/h2-3,7-9,16,21-22H,1,4H2,(H2,15,17)/q+1/t7-,8-,9+,10+/m0/s1. The van der Waals surface area contributed by atoms with Gasteiger partial charge in [-0.2, -0.15) is 13.2 Å². The van der Waals surface area contributed by atoms with Gasteiger partial charge in [0.1, 0.15) is 35.8 Å². The lowest BCUT2D eigenvalue weighted by molar-refractivity contribution is -0.213. The maximum absolute atomic E-state index is 13.4. The van der Waals surface area contributed by atoms with Gasteiger partial charge in [-0.3, -0.25) is 0 Å². The molecule has 0 aliphatic carbocycles. The van der Waals surface area contributed by atoms with Crippen LogP contribution in [-0.2, 0) is 4.74 Å². The zero-order valence-corrected chi connectivity index (χ0v) is 11.6. The normalized spacial score (nSPS) is 34.3. The Bertz CT molecular complexity index is 615. The smallest absolute Gasteiger partial charge is 0.391 e. The molecule has 1 fully saturated rings. The van der Waals surface area contributed by atoms with Crippen molar-refractivity contribution in [2.45, 2.75) is 24.2 Å². The van der Waals surface area contributed by atoms with Gasteiger partial charge in [0.15, 0.2) is 11.3 Å². The number of alkyl halides is 3. The van der Waals surface area contributed by atoms with Crippen molar-refractivity contribution < 1.29 is 28.1 Å². The number of aliphatic hydroxyl groups excluding tert-OH is 2. The molecule has 0 radical (unpaired) electrons. The van der Waals surface area contributed by atoms with E-state index in [4.69, 9.17) is 16.0 Å². The molecular weight excluding hydrogens is 321 g/mol. The molecule has 2 aliphatic rings. The minimum absolute atomic E-state index is 0.0348. The highest BCUT2D eigenvalue weighted by Gasteiger charge is 2.68. The molecule has 0 bridgehead atoms. The van der Waals surface area contributed by atoms with Gasteiger partial charge in [0.25, 0.3) is 5.72 Å². The van der Waals surface area contributed by atoms with E-state index < -0.39 is 36.8 Å². The number of nitrogens with zero attached hydrogens (tertiary/aromatic N) is 4. The molecule has 9 nitrogen and oxygen atoms in total. The maximum atomic E-state index is 13.4. The first-order valence-electron chi connectivity index (χ1n) is 6.28. The molecule has 2 heterocycles. The van der Waals surface area contributed by atoms with Gasteiger partial charge >= 0.3 is 6.18 Å². The van der Waals surface area contributed by atoms with Crippen molar-refractivity contribution in [2.75, 3.05) is 6.61 Å². The van der Waals surface area contributed by atoms with Crippen LogP contribution >= 0.6 is 0 Å². The van der Waals surface area contributed by atoms with E-state index in [1.807, 2.05) is 0 Å². The van der Waals surface area contributed by atoms with Gasteiger partial charge in [-0.05, 0) is 6.08 Å². The van der Waals surface area contributed by atoms with Crippen molar-refractivity contribution in [1.82, 2.24) is 9.81 Å². The average molecular weight is 335 g/mol. The second kappa shape index (κ2) is 5.74. The summed E-state index contributed by atoms with van der Waals surface area (Å²) in [5.41, 5.74) is 9.69. The summed E-state index contributed by atoms with van der Waals surface area (Å²) < 4.78 is 45.2. The van der Waals surface area contributed by atoms with Crippen molar-refractivity contribution in [2.24, 2.45) is 21.8 Å². The minimum atomic E-state index is -4.89. The molecule has 0 spiro atoms. The number of nitrogens with two attached hydrogens (primary N) is 1. The summed E-state index contributed by atoms with van der Waals surface area (Å²) in [5.74, 6) is -2.56. The third-order valence-electron chi connectivity index (χ3n) is 3.49. The molecule has 12 heteroatoms. The van der Waals surface area contributed by atoms with Crippen molar-refractivity contribution in [1.29, 1.82) is 5.53 Å². The van der Waals surface area contributed by atoms with E-state index in [1.165, 1.54) is 6.08 Å². The number of hydrogen-bond donors (Lipinski definition) is 4. The van der Waals surface area contributed by atoms with Crippen molar-refractivity contribution >= 4 is 5.84 Å². The maximum Gasteiger partial charge on any atom is 0.398 e. The van der Waals surface area contributed by atoms with Crippen LogP contribution in [0.5, 0.6) is 0 Å². The Balaban J connectivity index is 2.47. The van der Waals surface area contributed by atoms with Crippen LogP contribution in [-0.4, -0.2) is 51.8 Å². The molecule has 0 saturated carbocycles. The molecule has 4 atom stereocenters. The number of rotatable bonds is 3. The van der Waals surface area contributed by atoms with Gasteiger partial charge in [0, 0.05) is 6.20 Å². The van der Waals surface area contributed by atoms with E-state index in [2.05, 4.69) is 21.6 Å². The fourth-order valence-corrected chi connectivity index (χ4v) is 2.41. The summed E-state index contributed by atoms with van der Waals surface area (Å²) in [4.78, 5) is 7.23. The number of amidine groups is 1. The van der Waals surface area contributed by atoms with E-state index in [1.54, 1.807) is 0 Å². The number of halogens is 3. The lowest BCUT2D eigenvalue weighted by Crippen LogP contribution is -2.47. The van der Waals surface area contributed by atoms with Crippen LogP contribution in [0.15, 0.2) is 34.8 Å². The quantitative estimate of drug-likeness (QED) is 0.417. The summed E-state index contributed by atoms with van der Waals surface area (Å²) in [6.07, 6.45) is -6.60. The lowest BCUT2D eigenvalue weighted by Gasteiger charge is -2.32. The van der Waals surface area contributed by atoms with Crippen molar-refractivity contribution in [3.8, 4) is 0 Å². The number of aliphatic hydroxyl groups is 2. The van der Waals surface area contributed by atoms with Gasteiger partial charge in [0.2, 0.25) is 4.91 Å². The third-order valence-corrected chi connectivity index (χ3v) is 3.49. The van der Waals surface area contributed by atoms with Crippen LogP contribution < -0.4 is 10.6 Å². The van der Waals surface area contributed by atoms with E-state index >= 15 is 0 Å². The summed E-state index contributed by atoms with van der Waals surface area (Å²) in [5, 5.41) is 22.5. The Morgan fingerprint density at radius 2 is 2.26 bits per heavy atom. The second-order valence-electron chi connectivity index (χ2n) is 4.90. The molecule has 0 aromatic heterocycles. The number of ether oxygens (including phenoxy) is 1. The summed E-state index contributed by atoms with van der Waals surface area (Å²) in [6.45, 7) is 2.37. The summed E-state index contributed by atoms with van der Waals surface area (Å²) in [6, 6.07) is 0. The van der Waals surface area contributed by atoms with Gasteiger partial charge in [-0.25, -0.2) is 4.99 Å². The fourth-order valence-electron chi connectivity index (χ4n) is 2.41. The third kappa shape index (κ3) is 2.84. The first-order chi connectivity index (χ1) is 10.7. The Hall–Kier alpha value is -2.27. The van der Waals surface area contributed by atoms with Crippen LogP contribution in [0.4, 0.5) is 13.2 Å². The number of aliphatic imine (C=N–C) groups is 1. The molecule has 23 heavy (non-hydrogen) atoms. The number of hydrogen-bond acceptors (Lipinski definition) is 8. The molecular formula is C11H14F3N6O3+. The lowest BCUT2D eigenvalue weighted by atomic mass is 9.95. The largest absolute Gasteiger partial charge is 0.398 e. The van der Waals surface area contributed by atoms with Crippen LogP contribution in [0, 0.1) is 11.4 Å². The zero-order valence-electron chi connectivity index (χ0n) is 11.6. The minimum Gasteiger partial charge on any atom is -0.391 e. The Labute approximate surface area is 127 Å².